The number of hydrogen-bond acceptors (Lipinski definition) is 7. The van der Waals surface area contributed by atoms with Gasteiger partial charge in [-0.15, -0.1) is 6.58 Å². The molecule has 0 unspecified atom stereocenters. The zero-order valence-electron chi connectivity index (χ0n) is 20.9. The van der Waals surface area contributed by atoms with E-state index in [4.69, 9.17) is 4.98 Å². The topological polar surface area (TPSA) is 92.9 Å². The molecular weight excluding hydrogens is 452 g/mol. The highest BCUT2D eigenvalue weighted by Gasteiger charge is 2.18. The van der Waals surface area contributed by atoms with Crippen LogP contribution in [0.2, 0.25) is 0 Å². The SMILES string of the molecule is C=CCn1c(=O)c2cnc(Nc3ccc4c(c3)CNCC4)nc2n1-c1ccnc(CN(CC)CC)c1. The third kappa shape index (κ3) is 4.67. The number of nitrogens with one attached hydrogen (secondary N) is 2. The van der Waals surface area contributed by atoms with E-state index in [9.17, 15) is 4.79 Å². The molecular formula is C27H32N8O. The highest BCUT2D eigenvalue weighted by molar-refractivity contribution is 5.77. The van der Waals surface area contributed by atoms with E-state index in [2.05, 4.69) is 64.1 Å². The molecule has 4 heterocycles. The molecule has 0 radical (unpaired) electrons. The number of rotatable bonds is 9. The molecule has 36 heavy (non-hydrogen) atoms. The van der Waals surface area contributed by atoms with Crippen LogP contribution in [0.3, 0.4) is 0 Å². The van der Waals surface area contributed by atoms with Gasteiger partial charge in [0.1, 0.15) is 5.39 Å². The smallest absolute Gasteiger partial charge is 0.278 e. The number of benzene rings is 1. The first-order valence-electron chi connectivity index (χ1n) is 12.5. The summed E-state index contributed by atoms with van der Waals surface area (Å²) in [6, 6.07) is 10.3. The second kappa shape index (κ2) is 10.4. The van der Waals surface area contributed by atoms with E-state index >= 15 is 0 Å². The van der Waals surface area contributed by atoms with E-state index in [1.54, 1.807) is 23.2 Å². The van der Waals surface area contributed by atoms with Crippen molar-refractivity contribution in [3.05, 3.63) is 82.6 Å². The molecule has 1 aliphatic rings. The second-order valence-corrected chi connectivity index (χ2v) is 8.92. The van der Waals surface area contributed by atoms with Crippen LogP contribution < -0.4 is 16.2 Å². The summed E-state index contributed by atoms with van der Waals surface area (Å²) < 4.78 is 3.48. The highest BCUT2D eigenvalue weighted by atomic mass is 16.1. The summed E-state index contributed by atoms with van der Waals surface area (Å²) >= 11 is 0. The molecule has 0 atom stereocenters. The molecule has 0 saturated heterocycles. The first-order chi connectivity index (χ1) is 17.6. The van der Waals surface area contributed by atoms with Crippen molar-refractivity contribution in [2.75, 3.05) is 25.0 Å². The summed E-state index contributed by atoms with van der Waals surface area (Å²) in [4.78, 5) is 29.4. The molecule has 2 N–H and O–H groups in total. The van der Waals surface area contributed by atoms with Gasteiger partial charge in [0.25, 0.3) is 5.56 Å². The van der Waals surface area contributed by atoms with Gasteiger partial charge in [0.05, 0.1) is 17.9 Å². The Labute approximate surface area is 210 Å². The summed E-state index contributed by atoms with van der Waals surface area (Å²) in [5.74, 6) is 0.438. The van der Waals surface area contributed by atoms with Crippen molar-refractivity contribution in [1.29, 1.82) is 0 Å². The van der Waals surface area contributed by atoms with E-state index in [1.807, 2.05) is 16.8 Å². The first-order valence-corrected chi connectivity index (χ1v) is 12.5. The Morgan fingerprint density at radius 2 is 2.03 bits per heavy atom. The Balaban J connectivity index is 1.56. The molecule has 1 aromatic carbocycles. The molecule has 0 bridgehead atoms. The van der Waals surface area contributed by atoms with Crippen LogP contribution in [0.1, 0.15) is 30.7 Å². The molecule has 0 aliphatic carbocycles. The van der Waals surface area contributed by atoms with Crippen molar-refractivity contribution < 1.29 is 0 Å². The first kappa shape index (κ1) is 23.9. The van der Waals surface area contributed by atoms with Crippen molar-refractivity contribution in [3.63, 3.8) is 0 Å². The van der Waals surface area contributed by atoms with Crippen LogP contribution in [0.5, 0.6) is 0 Å². The van der Waals surface area contributed by atoms with E-state index in [1.165, 1.54) is 11.1 Å². The fourth-order valence-corrected chi connectivity index (χ4v) is 4.69. The lowest BCUT2D eigenvalue weighted by molar-refractivity contribution is 0.292. The molecule has 0 spiro atoms. The summed E-state index contributed by atoms with van der Waals surface area (Å²) in [5, 5.41) is 7.19. The van der Waals surface area contributed by atoms with Crippen molar-refractivity contribution >= 4 is 22.7 Å². The molecule has 4 aromatic rings. The Bertz CT molecular complexity index is 1450. The molecule has 9 nitrogen and oxygen atoms in total. The zero-order valence-corrected chi connectivity index (χ0v) is 20.9. The van der Waals surface area contributed by atoms with Crippen molar-refractivity contribution in [2.24, 2.45) is 0 Å². The van der Waals surface area contributed by atoms with Gasteiger partial charge in [0.15, 0.2) is 5.65 Å². The van der Waals surface area contributed by atoms with Crippen molar-refractivity contribution in [1.82, 2.24) is 34.5 Å². The Morgan fingerprint density at radius 1 is 1.17 bits per heavy atom. The van der Waals surface area contributed by atoms with Crippen LogP contribution in [0.25, 0.3) is 16.7 Å². The number of allylic oxidation sites excluding steroid dienone is 1. The van der Waals surface area contributed by atoms with E-state index < -0.39 is 0 Å². The van der Waals surface area contributed by atoms with Gasteiger partial charge in [-0.3, -0.25) is 14.7 Å². The van der Waals surface area contributed by atoms with Crippen LogP contribution in [0.4, 0.5) is 11.6 Å². The average Bonchev–Trinajstić information content (AvgIpc) is 3.18. The molecule has 0 fully saturated rings. The minimum absolute atomic E-state index is 0.154. The Hall–Kier alpha value is -3.82. The molecule has 0 saturated carbocycles. The normalized spacial score (nSPS) is 13.2. The molecule has 186 valence electrons. The molecule has 3 aromatic heterocycles. The lowest BCUT2D eigenvalue weighted by Gasteiger charge is -2.18. The Morgan fingerprint density at radius 3 is 2.83 bits per heavy atom. The minimum atomic E-state index is -0.154. The van der Waals surface area contributed by atoms with Gasteiger partial charge < -0.3 is 10.6 Å². The average molecular weight is 485 g/mol. The largest absolute Gasteiger partial charge is 0.324 e. The number of hydrogen-bond donors (Lipinski definition) is 2. The van der Waals surface area contributed by atoms with Gasteiger partial charge in [-0.2, -0.15) is 4.98 Å². The van der Waals surface area contributed by atoms with Gasteiger partial charge in [-0.25, -0.2) is 14.3 Å². The fourth-order valence-electron chi connectivity index (χ4n) is 4.69. The van der Waals surface area contributed by atoms with Crippen molar-refractivity contribution in [3.8, 4) is 5.69 Å². The van der Waals surface area contributed by atoms with Crippen LogP contribution in [-0.4, -0.2) is 48.8 Å². The van der Waals surface area contributed by atoms with Crippen molar-refractivity contribution in [2.45, 2.75) is 39.9 Å². The number of pyridine rings is 1. The van der Waals surface area contributed by atoms with E-state index in [0.29, 0.717) is 23.5 Å². The second-order valence-electron chi connectivity index (χ2n) is 8.92. The third-order valence-corrected chi connectivity index (χ3v) is 6.65. The maximum Gasteiger partial charge on any atom is 0.278 e. The van der Waals surface area contributed by atoms with E-state index in [-0.39, 0.29) is 5.56 Å². The molecule has 9 heteroatoms. The standard InChI is InChI=1S/C27H32N8O/c1-4-13-34-26(36)24-17-30-27(31-21-8-7-19-9-11-28-16-20(19)14-21)32-25(24)35(34)23-10-12-29-22(15-23)18-33(5-2)6-3/h4,7-8,10,12,14-15,17,28H,1,5-6,9,11,13,16,18H2,2-3H3,(H,30,31,32). The number of anilines is 2. The predicted molar refractivity (Wildman–Crippen MR) is 143 cm³/mol. The zero-order chi connectivity index (χ0) is 25.1. The quantitative estimate of drug-likeness (QED) is 0.352. The van der Waals surface area contributed by atoms with Crippen LogP contribution in [-0.2, 0) is 26.1 Å². The van der Waals surface area contributed by atoms with Gasteiger partial charge in [0.2, 0.25) is 5.95 Å². The maximum absolute atomic E-state index is 13.3. The number of aromatic nitrogens is 5. The monoisotopic (exact) mass is 484 g/mol. The van der Waals surface area contributed by atoms with E-state index in [0.717, 1.165) is 56.2 Å². The van der Waals surface area contributed by atoms with Gasteiger partial charge >= 0.3 is 0 Å². The summed E-state index contributed by atoms with van der Waals surface area (Å²) in [6.45, 7) is 12.9. The fraction of sp³-hybridized carbons (Fsp3) is 0.333. The molecule has 5 rings (SSSR count). The number of nitrogens with zero attached hydrogens (tertiary/aromatic N) is 6. The van der Waals surface area contributed by atoms with Crippen LogP contribution in [0.15, 0.2) is 60.2 Å². The Kier molecular flexibility index (Phi) is 6.92. The van der Waals surface area contributed by atoms with Gasteiger partial charge in [-0.05, 0) is 61.4 Å². The van der Waals surface area contributed by atoms with Crippen LogP contribution in [0, 0.1) is 0 Å². The lowest BCUT2D eigenvalue weighted by atomic mass is 10.0. The van der Waals surface area contributed by atoms with Crippen LogP contribution >= 0.6 is 0 Å². The summed E-state index contributed by atoms with van der Waals surface area (Å²) in [5.41, 5.74) is 5.71. The third-order valence-electron chi connectivity index (χ3n) is 6.65. The summed E-state index contributed by atoms with van der Waals surface area (Å²) in [7, 11) is 0. The maximum atomic E-state index is 13.3. The minimum Gasteiger partial charge on any atom is -0.324 e. The highest BCUT2D eigenvalue weighted by Crippen LogP contribution is 2.23. The lowest BCUT2D eigenvalue weighted by Crippen LogP contribution is -2.23. The predicted octanol–water partition coefficient (Wildman–Crippen LogP) is 3.39. The molecule has 0 amide bonds. The number of fused-ring (bicyclic) bond motifs is 2. The van der Waals surface area contributed by atoms with Gasteiger partial charge in [-0.1, -0.05) is 26.0 Å². The molecule has 1 aliphatic heterocycles. The van der Waals surface area contributed by atoms with Gasteiger partial charge in [0, 0.05) is 31.2 Å². The summed E-state index contributed by atoms with van der Waals surface area (Å²) in [6.07, 6.45) is 6.12.